The number of furan rings is 1. The van der Waals surface area contributed by atoms with E-state index in [1.807, 2.05) is 0 Å². The number of halogens is 1. The Kier molecular flexibility index (Phi) is 4.48. The number of rotatable bonds is 4. The van der Waals surface area contributed by atoms with Gasteiger partial charge in [-0.05, 0) is 36.4 Å². The third kappa shape index (κ3) is 3.13. The summed E-state index contributed by atoms with van der Waals surface area (Å²) in [4.78, 5) is 39.9. The average Bonchev–Trinajstić information content (AvgIpc) is 3.28. The minimum absolute atomic E-state index is 0.205. The van der Waals surface area contributed by atoms with Crippen molar-refractivity contribution in [3.63, 3.8) is 0 Å². The van der Waals surface area contributed by atoms with E-state index in [4.69, 9.17) is 4.42 Å². The Labute approximate surface area is 160 Å². The molecule has 6 nitrogen and oxygen atoms in total. The largest absolute Gasteiger partial charge is 0.480 e. The van der Waals surface area contributed by atoms with Gasteiger partial charge in [-0.1, -0.05) is 23.1 Å². The lowest BCUT2D eigenvalue weighted by molar-refractivity contribution is -0.137. The van der Waals surface area contributed by atoms with Gasteiger partial charge in [0.25, 0.3) is 0 Å². The van der Waals surface area contributed by atoms with Gasteiger partial charge in [-0.15, -0.1) is 0 Å². The maximum atomic E-state index is 13.2. The third-order valence-corrected chi connectivity index (χ3v) is 6.78. The van der Waals surface area contributed by atoms with Crippen molar-refractivity contribution >= 4 is 34.9 Å². The summed E-state index contributed by atoms with van der Waals surface area (Å²) in [5.41, 5.74) is 0.205. The zero-order valence-electron chi connectivity index (χ0n) is 13.5. The molecule has 1 aliphatic rings. The molecule has 2 aromatic heterocycles. The maximum Gasteiger partial charge on any atom is 0.317 e. The molecule has 0 spiro atoms. The minimum Gasteiger partial charge on any atom is -0.480 e. The quantitative estimate of drug-likeness (QED) is 0.646. The Morgan fingerprint density at radius 3 is 2.56 bits per heavy atom. The van der Waals surface area contributed by atoms with E-state index in [1.54, 1.807) is 12.1 Å². The first-order valence-corrected chi connectivity index (χ1v) is 9.61. The van der Waals surface area contributed by atoms with E-state index in [1.165, 1.54) is 18.4 Å². The molecule has 0 bridgehead atoms. The fourth-order valence-electron chi connectivity index (χ4n) is 3.23. The number of hydrogen-bond donors (Lipinski definition) is 2. The van der Waals surface area contributed by atoms with Crippen LogP contribution in [0.15, 0.2) is 56.9 Å². The summed E-state index contributed by atoms with van der Waals surface area (Å²) in [5.74, 6) is -3.44. The number of carbonyl (C=O) groups is 2. The molecule has 138 valence electrons. The van der Waals surface area contributed by atoms with Crippen molar-refractivity contribution in [3.8, 4) is 0 Å². The lowest BCUT2D eigenvalue weighted by atomic mass is 9.80. The Hall–Kier alpha value is -2.65. The van der Waals surface area contributed by atoms with Gasteiger partial charge in [-0.3, -0.25) is 14.4 Å². The monoisotopic (exact) mass is 405 g/mol. The topological polar surface area (TPSA) is 100 Å². The SMILES string of the molecule is O=C(c1ccc(F)cc1)[C@H]1[C@H](c2ccco2)c2sc(=O)[nH]c2S[C@H]1C(=O)O. The predicted octanol–water partition coefficient (Wildman–Crippen LogP) is 3.36. The number of ketones is 1. The van der Waals surface area contributed by atoms with Crippen molar-refractivity contribution in [2.45, 2.75) is 16.2 Å². The molecule has 0 radical (unpaired) electrons. The number of carboxylic acid groups (broad SMARTS) is 1. The molecule has 3 heterocycles. The number of aromatic nitrogens is 1. The summed E-state index contributed by atoms with van der Waals surface area (Å²) in [7, 11) is 0. The van der Waals surface area contributed by atoms with Gasteiger partial charge in [0.1, 0.15) is 16.8 Å². The van der Waals surface area contributed by atoms with Gasteiger partial charge in [0.15, 0.2) is 5.78 Å². The highest BCUT2D eigenvalue weighted by molar-refractivity contribution is 8.00. The molecule has 0 unspecified atom stereocenters. The summed E-state index contributed by atoms with van der Waals surface area (Å²) < 4.78 is 18.7. The molecule has 9 heteroatoms. The van der Waals surface area contributed by atoms with Gasteiger partial charge < -0.3 is 14.5 Å². The number of aliphatic carboxylic acids is 1. The van der Waals surface area contributed by atoms with E-state index in [0.29, 0.717) is 15.7 Å². The van der Waals surface area contributed by atoms with Crippen LogP contribution in [-0.4, -0.2) is 27.1 Å². The molecule has 0 aliphatic carbocycles. The minimum atomic E-state index is -1.17. The molecule has 0 saturated carbocycles. The van der Waals surface area contributed by atoms with Gasteiger partial charge in [-0.2, -0.15) is 0 Å². The molecule has 0 fully saturated rings. The summed E-state index contributed by atoms with van der Waals surface area (Å²) in [5, 5.41) is 9.05. The van der Waals surface area contributed by atoms with Crippen LogP contribution in [0.3, 0.4) is 0 Å². The average molecular weight is 405 g/mol. The number of fused-ring (bicyclic) bond motifs is 1. The lowest BCUT2D eigenvalue weighted by Gasteiger charge is -2.33. The summed E-state index contributed by atoms with van der Waals surface area (Å²) in [6.07, 6.45) is 1.43. The van der Waals surface area contributed by atoms with E-state index >= 15 is 0 Å². The number of carboxylic acids is 1. The molecule has 0 saturated heterocycles. The van der Waals surface area contributed by atoms with Crippen LogP contribution in [0.25, 0.3) is 0 Å². The predicted molar refractivity (Wildman–Crippen MR) is 97.0 cm³/mol. The van der Waals surface area contributed by atoms with Crippen molar-refractivity contribution in [3.05, 3.63) is 74.3 Å². The molecule has 1 aliphatic heterocycles. The van der Waals surface area contributed by atoms with Gasteiger partial charge in [0.05, 0.1) is 28.0 Å². The normalized spacial score (nSPS) is 21.6. The molecule has 1 aromatic carbocycles. The van der Waals surface area contributed by atoms with Crippen LogP contribution in [0.5, 0.6) is 0 Å². The first-order valence-electron chi connectivity index (χ1n) is 7.91. The Bertz CT molecular complexity index is 1050. The second-order valence-electron chi connectivity index (χ2n) is 5.97. The number of benzene rings is 1. The first-order chi connectivity index (χ1) is 13.0. The Balaban J connectivity index is 1.88. The van der Waals surface area contributed by atoms with Crippen LogP contribution in [0.2, 0.25) is 0 Å². The number of aromatic amines is 1. The standard InChI is InChI=1S/C18H12FNO5S2/c19-9-5-3-8(4-6-9)13(21)12-11(10-2-1-7-25-10)14-16(20-18(24)27-14)26-15(12)17(22)23/h1-7,11-12,15H,(H,20,24)(H,22,23)/t11-,12+,15+/m0/s1. The second kappa shape index (κ2) is 6.82. The number of thiazole rings is 1. The third-order valence-electron chi connectivity index (χ3n) is 4.38. The molecular weight excluding hydrogens is 393 g/mol. The molecule has 0 amide bonds. The summed E-state index contributed by atoms with van der Waals surface area (Å²) in [6.45, 7) is 0. The number of carbonyl (C=O) groups excluding carboxylic acids is 1. The van der Waals surface area contributed by atoms with Gasteiger partial charge in [-0.25, -0.2) is 4.39 Å². The van der Waals surface area contributed by atoms with Crippen LogP contribution in [0.1, 0.15) is 26.9 Å². The smallest absolute Gasteiger partial charge is 0.317 e. The van der Waals surface area contributed by atoms with Crippen molar-refractivity contribution in [2.24, 2.45) is 5.92 Å². The number of Topliss-reactive ketones (excluding diaryl/α,β-unsaturated/α-hetero) is 1. The molecule has 27 heavy (non-hydrogen) atoms. The van der Waals surface area contributed by atoms with Gasteiger partial charge in [0, 0.05) is 5.56 Å². The van der Waals surface area contributed by atoms with E-state index in [9.17, 15) is 23.9 Å². The van der Waals surface area contributed by atoms with E-state index in [2.05, 4.69) is 4.98 Å². The van der Waals surface area contributed by atoms with Crippen molar-refractivity contribution in [1.29, 1.82) is 0 Å². The number of nitrogens with one attached hydrogen (secondary N) is 1. The van der Waals surface area contributed by atoms with Gasteiger partial charge >= 0.3 is 10.8 Å². The molecular formula is C18H12FNO5S2. The zero-order chi connectivity index (χ0) is 19.1. The number of hydrogen-bond acceptors (Lipinski definition) is 6. The first kappa shape index (κ1) is 17.7. The lowest BCUT2D eigenvalue weighted by Crippen LogP contribution is -2.39. The number of H-pyrrole nitrogens is 1. The fourth-order valence-corrected chi connectivity index (χ4v) is 5.63. The Morgan fingerprint density at radius 2 is 1.93 bits per heavy atom. The zero-order valence-corrected chi connectivity index (χ0v) is 15.2. The van der Waals surface area contributed by atoms with Crippen LogP contribution < -0.4 is 4.87 Å². The van der Waals surface area contributed by atoms with E-state index < -0.39 is 34.7 Å². The van der Waals surface area contributed by atoms with Crippen LogP contribution in [0.4, 0.5) is 4.39 Å². The number of thioether (sulfide) groups is 1. The Morgan fingerprint density at radius 1 is 1.19 bits per heavy atom. The van der Waals surface area contributed by atoms with Crippen LogP contribution in [0, 0.1) is 11.7 Å². The summed E-state index contributed by atoms with van der Waals surface area (Å²) in [6, 6.07) is 8.26. The highest BCUT2D eigenvalue weighted by Gasteiger charge is 2.48. The van der Waals surface area contributed by atoms with Crippen LogP contribution in [-0.2, 0) is 4.79 Å². The highest BCUT2D eigenvalue weighted by atomic mass is 32.2. The van der Waals surface area contributed by atoms with E-state index in [-0.39, 0.29) is 10.4 Å². The second-order valence-corrected chi connectivity index (χ2v) is 8.14. The van der Waals surface area contributed by atoms with Crippen molar-refractivity contribution in [2.75, 3.05) is 0 Å². The summed E-state index contributed by atoms with van der Waals surface area (Å²) >= 11 is 1.87. The van der Waals surface area contributed by atoms with Gasteiger partial charge in [0.2, 0.25) is 0 Å². The van der Waals surface area contributed by atoms with E-state index in [0.717, 1.165) is 35.2 Å². The van der Waals surface area contributed by atoms with Crippen molar-refractivity contribution < 1.29 is 23.5 Å². The maximum absolute atomic E-state index is 13.2. The van der Waals surface area contributed by atoms with Crippen molar-refractivity contribution in [1.82, 2.24) is 4.98 Å². The molecule has 2 N–H and O–H groups in total. The molecule has 3 aromatic rings. The molecule has 3 atom stereocenters. The van der Waals surface area contributed by atoms with Crippen LogP contribution >= 0.6 is 23.1 Å². The highest BCUT2D eigenvalue weighted by Crippen LogP contribution is 2.50. The fraction of sp³-hybridized carbons (Fsp3) is 0.167. The molecule has 4 rings (SSSR count).